The summed E-state index contributed by atoms with van der Waals surface area (Å²) in [5.41, 5.74) is 1.26. The Morgan fingerprint density at radius 2 is 1.89 bits per heavy atom. The molecule has 102 valence electrons. The van der Waals surface area contributed by atoms with Crippen molar-refractivity contribution < 1.29 is 4.42 Å². The van der Waals surface area contributed by atoms with Crippen LogP contribution in [0.25, 0.3) is 0 Å². The van der Waals surface area contributed by atoms with Crippen molar-refractivity contribution in [1.29, 1.82) is 0 Å². The summed E-state index contributed by atoms with van der Waals surface area (Å²) in [6.07, 6.45) is 2.01. The van der Waals surface area contributed by atoms with Crippen molar-refractivity contribution in [2.24, 2.45) is 0 Å². The molecule has 0 amide bonds. The first-order valence-corrected chi connectivity index (χ1v) is 7.11. The highest BCUT2D eigenvalue weighted by Crippen LogP contribution is 2.21. The van der Waals surface area contributed by atoms with Crippen LogP contribution in [0.5, 0.6) is 0 Å². The molecule has 1 aromatic carbocycles. The molecule has 0 saturated heterocycles. The molecule has 1 heterocycles. The maximum Gasteiger partial charge on any atom is 0.121 e. The molecular formula is C16H20ClNO. The summed E-state index contributed by atoms with van der Waals surface area (Å²) >= 11 is 5.92. The third kappa shape index (κ3) is 4.12. The van der Waals surface area contributed by atoms with E-state index >= 15 is 0 Å². The summed E-state index contributed by atoms with van der Waals surface area (Å²) in [5.74, 6) is 1.95. The second kappa shape index (κ2) is 6.78. The topological polar surface area (TPSA) is 25.2 Å². The van der Waals surface area contributed by atoms with Crippen LogP contribution in [0.15, 0.2) is 40.8 Å². The normalized spacial score (nSPS) is 12.6. The van der Waals surface area contributed by atoms with E-state index < -0.39 is 0 Å². The fourth-order valence-electron chi connectivity index (χ4n) is 2.09. The van der Waals surface area contributed by atoms with E-state index in [0.29, 0.717) is 0 Å². The second-order valence-electron chi connectivity index (χ2n) is 4.79. The van der Waals surface area contributed by atoms with Gasteiger partial charge in [0.1, 0.15) is 11.5 Å². The van der Waals surface area contributed by atoms with Gasteiger partial charge in [-0.2, -0.15) is 0 Å². The van der Waals surface area contributed by atoms with Gasteiger partial charge in [0.2, 0.25) is 0 Å². The Hall–Kier alpha value is -1.25. The van der Waals surface area contributed by atoms with Gasteiger partial charge < -0.3 is 9.73 Å². The van der Waals surface area contributed by atoms with E-state index in [4.69, 9.17) is 16.0 Å². The number of hydrogen-bond donors (Lipinski definition) is 1. The number of benzene rings is 1. The molecule has 1 unspecified atom stereocenters. The van der Waals surface area contributed by atoms with Crippen LogP contribution in [-0.2, 0) is 6.42 Å². The molecule has 0 bridgehead atoms. The molecule has 1 aromatic heterocycles. The van der Waals surface area contributed by atoms with E-state index in [1.165, 1.54) is 5.56 Å². The van der Waals surface area contributed by atoms with E-state index in [1.807, 2.05) is 25.1 Å². The lowest BCUT2D eigenvalue weighted by atomic mass is 10.0. The molecular weight excluding hydrogens is 258 g/mol. The summed E-state index contributed by atoms with van der Waals surface area (Å²) in [4.78, 5) is 0. The Morgan fingerprint density at radius 3 is 2.47 bits per heavy atom. The molecule has 3 heteroatoms. The van der Waals surface area contributed by atoms with Crippen molar-refractivity contribution >= 4 is 11.6 Å². The van der Waals surface area contributed by atoms with Crippen molar-refractivity contribution in [3.05, 3.63) is 58.5 Å². The lowest BCUT2D eigenvalue weighted by Gasteiger charge is -2.16. The molecule has 0 aliphatic rings. The van der Waals surface area contributed by atoms with Crippen molar-refractivity contribution in [1.82, 2.24) is 5.32 Å². The average molecular weight is 278 g/mol. The van der Waals surface area contributed by atoms with Gasteiger partial charge in [0, 0.05) is 5.02 Å². The van der Waals surface area contributed by atoms with Crippen molar-refractivity contribution in [2.45, 2.75) is 32.7 Å². The van der Waals surface area contributed by atoms with Gasteiger partial charge >= 0.3 is 0 Å². The van der Waals surface area contributed by atoms with Crippen molar-refractivity contribution in [2.75, 3.05) is 6.54 Å². The maximum absolute atomic E-state index is 5.92. The van der Waals surface area contributed by atoms with E-state index in [9.17, 15) is 0 Å². The Balaban J connectivity index is 2.11. The third-order valence-electron chi connectivity index (χ3n) is 3.10. The first-order chi connectivity index (χ1) is 9.19. The van der Waals surface area contributed by atoms with Gasteiger partial charge in [-0.25, -0.2) is 0 Å². The molecule has 1 atom stereocenters. The number of hydrogen-bond acceptors (Lipinski definition) is 2. The average Bonchev–Trinajstić information content (AvgIpc) is 2.83. The standard InChI is InChI=1S/C16H20ClNO/c1-3-10-18-15(16-9-4-12(2)19-16)11-13-5-7-14(17)8-6-13/h4-9,15,18H,3,10-11H2,1-2H3. The molecule has 0 aliphatic heterocycles. The zero-order valence-corrected chi connectivity index (χ0v) is 12.2. The van der Waals surface area contributed by atoms with Crippen LogP contribution in [0.3, 0.4) is 0 Å². The number of nitrogens with one attached hydrogen (secondary N) is 1. The molecule has 0 spiro atoms. The van der Waals surface area contributed by atoms with Gasteiger partial charge in [0.05, 0.1) is 6.04 Å². The second-order valence-corrected chi connectivity index (χ2v) is 5.22. The fraction of sp³-hybridized carbons (Fsp3) is 0.375. The maximum atomic E-state index is 5.92. The fourth-order valence-corrected chi connectivity index (χ4v) is 2.21. The molecule has 2 rings (SSSR count). The van der Waals surface area contributed by atoms with Crippen LogP contribution < -0.4 is 5.32 Å². The summed E-state index contributed by atoms with van der Waals surface area (Å²) in [7, 11) is 0. The predicted octanol–water partition coefficient (Wildman–Crippen LogP) is 4.52. The highest BCUT2D eigenvalue weighted by atomic mass is 35.5. The predicted molar refractivity (Wildman–Crippen MR) is 79.6 cm³/mol. The Labute approximate surface area is 119 Å². The van der Waals surface area contributed by atoms with Crippen LogP contribution in [0.2, 0.25) is 5.02 Å². The zero-order chi connectivity index (χ0) is 13.7. The lowest BCUT2D eigenvalue weighted by molar-refractivity contribution is 0.398. The number of halogens is 1. The quantitative estimate of drug-likeness (QED) is 0.839. The lowest BCUT2D eigenvalue weighted by Crippen LogP contribution is -2.23. The van der Waals surface area contributed by atoms with Gasteiger partial charge in [0.15, 0.2) is 0 Å². The smallest absolute Gasteiger partial charge is 0.121 e. The van der Waals surface area contributed by atoms with E-state index in [1.54, 1.807) is 0 Å². The Morgan fingerprint density at radius 1 is 1.16 bits per heavy atom. The van der Waals surface area contributed by atoms with Crippen LogP contribution >= 0.6 is 11.6 Å². The first kappa shape index (κ1) is 14.2. The number of rotatable bonds is 6. The molecule has 0 radical (unpaired) electrons. The minimum absolute atomic E-state index is 0.217. The van der Waals surface area contributed by atoms with Crippen LogP contribution in [0, 0.1) is 6.92 Å². The molecule has 19 heavy (non-hydrogen) atoms. The molecule has 2 aromatic rings. The van der Waals surface area contributed by atoms with Crippen LogP contribution in [-0.4, -0.2) is 6.54 Å². The largest absolute Gasteiger partial charge is 0.465 e. The van der Waals surface area contributed by atoms with Gasteiger partial charge in [0.25, 0.3) is 0 Å². The Bertz CT molecular complexity index is 504. The monoisotopic (exact) mass is 277 g/mol. The van der Waals surface area contributed by atoms with E-state index in [0.717, 1.165) is 35.9 Å². The highest BCUT2D eigenvalue weighted by Gasteiger charge is 2.15. The SMILES string of the molecule is CCCNC(Cc1ccc(Cl)cc1)c1ccc(C)o1. The molecule has 2 nitrogen and oxygen atoms in total. The molecule has 1 N–H and O–H groups in total. The van der Waals surface area contributed by atoms with Gasteiger partial charge in [-0.05, 0) is 56.1 Å². The minimum atomic E-state index is 0.217. The Kier molecular flexibility index (Phi) is 5.06. The summed E-state index contributed by atoms with van der Waals surface area (Å²) in [6.45, 7) is 5.13. The third-order valence-corrected chi connectivity index (χ3v) is 3.35. The van der Waals surface area contributed by atoms with E-state index in [-0.39, 0.29) is 6.04 Å². The molecule has 0 saturated carbocycles. The molecule has 0 aliphatic carbocycles. The zero-order valence-electron chi connectivity index (χ0n) is 11.4. The van der Waals surface area contributed by atoms with Crippen molar-refractivity contribution in [3.63, 3.8) is 0 Å². The number of aryl methyl sites for hydroxylation is 1. The van der Waals surface area contributed by atoms with Gasteiger partial charge in [-0.15, -0.1) is 0 Å². The van der Waals surface area contributed by atoms with Crippen LogP contribution in [0.4, 0.5) is 0 Å². The minimum Gasteiger partial charge on any atom is -0.465 e. The summed E-state index contributed by atoms with van der Waals surface area (Å²) in [5, 5.41) is 4.31. The van der Waals surface area contributed by atoms with Gasteiger partial charge in [-0.1, -0.05) is 30.7 Å². The van der Waals surface area contributed by atoms with Crippen LogP contribution in [0.1, 0.15) is 36.5 Å². The van der Waals surface area contributed by atoms with Crippen molar-refractivity contribution in [3.8, 4) is 0 Å². The van der Waals surface area contributed by atoms with Gasteiger partial charge in [-0.3, -0.25) is 0 Å². The number of furan rings is 1. The highest BCUT2D eigenvalue weighted by molar-refractivity contribution is 6.30. The van der Waals surface area contributed by atoms with E-state index in [2.05, 4.69) is 30.4 Å². The molecule has 0 fully saturated rings. The summed E-state index contributed by atoms with van der Waals surface area (Å²) < 4.78 is 5.75. The first-order valence-electron chi connectivity index (χ1n) is 6.73. The summed E-state index contributed by atoms with van der Waals surface area (Å²) in [6, 6.07) is 12.3.